The largest absolute Gasteiger partial charge is 0.313 e. The van der Waals surface area contributed by atoms with Gasteiger partial charge in [-0.15, -0.1) is 0 Å². The molecule has 0 amide bonds. The summed E-state index contributed by atoms with van der Waals surface area (Å²) in [6, 6.07) is 5.55. The Morgan fingerprint density at radius 1 is 1.47 bits per heavy atom. The van der Waals surface area contributed by atoms with Gasteiger partial charge in [-0.2, -0.15) is 0 Å². The van der Waals surface area contributed by atoms with Crippen molar-refractivity contribution in [3.8, 4) is 0 Å². The Morgan fingerprint density at radius 3 is 2.71 bits per heavy atom. The molecular formula is C14H19ClFN. The first-order valence-corrected chi connectivity index (χ1v) is 6.60. The molecule has 1 unspecified atom stereocenters. The Bertz CT molecular complexity index is 401. The third-order valence-electron chi connectivity index (χ3n) is 3.75. The molecule has 1 fully saturated rings. The van der Waals surface area contributed by atoms with Crippen LogP contribution in [0.15, 0.2) is 18.2 Å². The fraction of sp³-hybridized carbons (Fsp3) is 0.571. The van der Waals surface area contributed by atoms with E-state index in [1.807, 2.05) is 6.07 Å². The lowest BCUT2D eigenvalue weighted by Crippen LogP contribution is -2.38. The molecule has 1 saturated carbocycles. The lowest BCUT2D eigenvalue weighted by Gasteiger charge is -2.24. The Kier molecular flexibility index (Phi) is 3.74. The highest BCUT2D eigenvalue weighted by atomic mass is 35.5. The number of rotatable bonds is 5. The SMILES string of the molecule is CCNC(Cc1ccc(Cl)c(F)c1)C1(C)CC1. The number of halogens is 2. The molecule has 0 heterocycles. The summed E-state index contributed by atoms with van der Waals surface area (Å²) in [6.07, 6.45) is 3.40. The lowest BCUT2D eigenvalue weighted by molar-refractivity contribution is 0.360. The zero-order valence-electron chi connectivity index (χ0n) is 10.4. The van der Waals surface area contributed by atoms with Crippen molar-refractivity contribution in [2.45, 2.75) is 39.2 Å². The van der Waals surface area contributed by atoms with E-state index in [0.29, 0.717) is 11.5 Å². The molecule has 0 saturated heterocycles. The monoisotopic (exact) mass is 255 g/mol. The van der Waals surface area contributed by atoms with E-state index < -0.39 is 0 Å². The molecule has 1 aromatic rings. The molecule has 0 bridgehead atoms. The van der Waals surface area contributed by atoms with Gasteiger partial charge in [0.05, 0.1) is 5.02 Å². The van der Waals surface area contributed by atoms with Gasteiger partial charge in [0, 0.05) is 6.04 Å². The maximum absolute atomic E-state index is 13.4. The highest BCUT2D eigenvalue weighted by Gasteiger charge is 2.44. The van der Waals surface area contributed by atoms with E-state index in [1.54, 1.807) is 12.1 Å². The Labute approximate surface area is 107 Å². The fourth-order valence-electron chi connectivity index (χ4n) is 2.26. The first-order chi connectivity index (χ1) is 8.05. The molecule has 1 nitrogen and oxygen atoms in total. The number of nitrogens with one attached hydrogen (secondary N) is 1. The second kappa shape index (κ2) is 4.95. The number of hydrogen-bond acceptors (Lipinski definition) is 1. The molecule has 1 aromatic carbocycles. The van der Waals surface area contributed by atoms with Crippen LogP contribution in [0.5, 0.6) is 0 Å². The van der Waals surface area contributed by atoms with Gasteiger partial charge in [0.25, 0.3) is 0 Å². The molecular weight excluding hydrogens is 237 g/mol. The maximum atomic E-state index is 13.4. The zero-order valence-corrected chi connectivity index (χ0v) is 11.1. The van der Waals surface area contributed by atoms with Gasteiger partial charge >= 0.3 is 0 Å². The minimum Gasteiger partial charge on any atom is -0.313 e. The summed E-state index contributed by atoms with van der Waals surface area (Å²) >= 11 is 5.69. The molecule has 1 aliphatic rings. The van der Waals surface area contributed by atoms with Crippen LogP contribution in [0, 0.1) is 11.2 Å². The van der Waals surface area contributed by atoms with Crippen molar-refractivity contribution >= 4 is 11.6 Å². The van der Waals surface area contributed by atoms with Crippen molar-refractivity contribution in [2.24, 2.45) is 5.41 Å². The third kappa shape index (κ3) is 2.99. The van der Waals surface area contributed by atoms with E-state index in [0.717, 1.165) is 18.5 Å². The van der Waals surface area contributed by atoms with Gasteiger partial charge in [-0.1, -0.05) is 31.5 Å². The standard InChI is InChI=1S/C14H19ClFN/c1-3-17-13(14(2)6-7-14)9-10-4-5-11(15)12(16)8-10/h4-5,8,13,17H,3,6-7,9H2,1-2H3. The van der Waals surface area contributed by atoms with E-state index in [1.165, 1.54) is 12.8 Å². The summed E-state index contributed by atoms with van der Waals surface area (Å²) in [6.45, 7) is 5.37. The number of likely N-dealkylation sites (N-methyl/N-ethyl adjacent to an activating group) is 1. The number of hydrogen-bond donors (Lipinski definition) is 1. The molecule has 1 aliphatic carbocycles. The van der Waals surface area contributed by atoms with Crippen molar-refractivity contribution in [3.05, 3.63) is 34.6 Å². The van der Waals surface area contributed by atoms with Crippen LogP contribution in [0.2, 0.25) is 5.02 Å². The first kappa shape index (κ1) is 12.8. The fourth-order valence-corrected chi connectivity index (χ4v) is 2.38. The predicted octanol–water partition coefficient (Wildman–Crippen LogP) is 3.80. The Hall–Kier alpha value is -0.600. The van der Waals surface area contributed by atoms with Gasteiger partial charge in [-0.05, 0) is 48.9 Å². The van der Waals surface area contributed by atoms with Crippen molar-refractivity contribution in [2.75, 3.05) is 6.54 Å². The average Bonchev–Trinajstić information content (AvgIpc) is 3.03. The van der Waals surface area contributed by atoms with Gasteiger partial charge in [0.1, 0.15) is 5.82 Å². The summed E-state index contributed by atoms with van der Waals surface area (Å²) in [7, 11) is 0. The van der Waals surface area contributed by atoms with Gasteiger partial charge in [0.15, 0.2) is 0 Å². The van der Waals surface area contributed by atoms with Crippen LogP contribution in [-0.4, -0.2) is 12.6 Å². The van der Waals surface area contributed by atoms with E-state index in [2.05, 4.69) is 19.2 Å². The first-order valence-electron chi connectivity index (χ1n) is 6.22. The summed E-state index contributed by atoms with van der Waals surface area (Å²) in [4.78, 5) is 0. The van der Waals surface area contributed by atoms with Crippen LogP contribution >= 0.6 is 11.6 Å². The molecule has 94 valence electrons. The van der Waals surface area contributed by atoms with Gasteiger partial charge in [-0.25, -0.2) is 4.39 Å². The average molecular weight is 256 g/mol. The highest BCUT2D eigenvalue weighted by molar-refractivity contribution is 6.30. The van der Waals surface area contributed by atoms with Crippen molar-refractivity contribution in [1.82, 2.24) is 5.32 Å². The van der Waals surface area contributed by atoms with Gasteiger partial charge in [-0.3, -0.25) is 0 Å². The molecule has 3 heteroatoms. The van der Waals surface area contributed by atoms with E-state index in [-0.39, 0.29) is 10.8 Å². The Balaban J connectivity index is 2.09. The second-order valence-corrected chi connectivity index (χ2v) is 5.62. The Morgan fingerprint density at radius 2 is 2.18 bits per heavy atom. The zero-order chi connectivity index (χ0) is 12.5. The normalized spacial score (nSPS) is 19.1. The summed E-state index contributed by atoms with van der Waals surface area (Å²) < 4.78 is 13.4. The molecule has 17 heavy (non-hydrogen) atoms. The topological polar surface area (TPSA) is 12.0 Å². The van der Waals surface area contributed by atoms with Crippen LogP contribution in [0.1, 0.15) is 32.3 Å². The summed E-state index contributed by atoms with van der Waals surface area (Å²) in [5.74, 6) is -0.319. The quantitative estimate of drug-likeness (QED) is 0.844. The van der Waals surface area contributed by atoms with Crippen LogP contribution < -0.4 is 5.32 Å². The van der Waals surface area contributed by atoms with Gasteiger partial charge in [0.2, 0.25) is 0 Å². The molecule has 1 N–H and O–H groups in total. The predicted molar refractivity (Wildman–Crippen MR) is 69.9 cm³/mol. The van der Waals surface area contributed by atoms with Crippen LogP contribution in [0.4, 0.5) is 4.39 Å². The number of benzene rings is 1. The highest BCUT2D eigenvalue weighted by Crippen LogP contribution is 2.48. The molecule has 0 aromatic heterocycles. The molecule has 1 atom stereocenters. The van der Waals surface area contributed by atoms with Crippen LogP contribution in [0.3, 0.4) is 0 Å². The van der Waals surface area contributed by atoms with Crippen molar-refractivity contribution in [1.29, 1.82) is 0 Å². The molecule has 2 rings (SSSR count). The van der Waals surface area contributed by atoms with E-state index >= 15 is 0 Å². The van der Waals surface area contributed by atoms with E-state index in [4.69, 9.17) is 11.6 Å². The summed E-state index contributed by atoms with van der Waals surface area (Å²) in [5.41, 5.74) is 1.41. The minimum atomic E-state index is -0.319. The lowest BCUT2D eigenvalue weighted by atomic mass is 9.92. The van der Waals surface area contributed by atoms with Crippen LogP contribution in [-0.2, 0) is 6.42 Å². The second-order valence-electron chi connectivity index (χ2n) is 5.22. The molecule has 0 aliphatic heterocycles. The summed E-state index contributed by atoms with van der Waals surface area (Å²) in [5, 5.41) is 3.71. The van der Waals surface area contributed by atoms with Crippen molar-refractivity contribution < 1.29 is 4.39 Å². The van der Waals surface area contributed by atoms with Gasteiger partial charge < -0.3 is 5.32 Å². The molecule has 0 spiro atoms. The molecule has 0 radical (unpaired) electrons. The minimum absolute atomic E-state index is 0.200. The third-order valence-corrected chi connectivity index (χ3v) is 4.06. The maximum Gasteiger partial charge on any atom is 0.142 e. The smallest absolute Gasteiger partial charge is 0.142 e. The van der Waals surface area contributed by atoms with Crippen LogP contribution in [0.25, 0.3) is 0 Å². The van der Waals surface area contributed by atoms with Crippen molar-refractivity contribution in [3.63, 3.8) is 0 Å². The van der Waals surface area contributed by atoms with E-state index in [9.17, 15) is 4.39 Å².